The van der Waals surface area contributed by atoms with Gasteiger partial charge in [0.25, 0.3) is 0 Å². The first kappa shape index (κ1) is 24.7. The summed E-state index contributed by atoms with van der Waals surface area (Å²) >= 11 is 7.87. The van der Waals surface area contributed by atoms with Gasteiger partial charge in [-0.2, -0.15) is 0 Å². The summed E-state index contributed by atoms with van der Waals surface area (Å²) in [6, 6.07) is 26.2. The summed E-state index contributed by atoms with van der Waals surface area (Å²) in [6.45, 7) is 7.55. The molecule has 5 aromatic rings. The molecule has 0 aliphatic heterocycles. The van der Waals surface area contributed by atoms with Crippen molar-refractivity contribution in [1.82, 2.24) is 9.55 Å². The highest BCUT2D eigenvalue weighted by atomic mass is 35.5. The zero-order chi connectivity index (χ0) is 25.3. The van der Waals surface area contributed by atoms with E-state index in [9.17, 15) is 5.11 Å². The van der Waals surface area contributed by atoms with E-state index in [1.807, 2.05) is 54.6 Å². The maximum atomic E-state index is 10.4. The molecule has 0 saturated carbocycles. The Morgan fingerprint density at radius 1 is 0.972 bits per heavy atom. The first-order valence-electron chi connectivity index (χ1n) is 12.0. The number of aliphatic hydroxyl groups excluding tert-OH is 1. The lowest BCUT2D eigenvalue weighted by molar-refractivity contribution is 0.269. The van der Waals surface area contributed by atoms with Crippen molar-refractivity contribution >= 4 is 45.2 Å². The first-order chi connectivity index (χ1) is 17.3. The molecule has 1 N–H and O–H groups in total. The van der Waals surface area contributed by atoms with Crippen LogP contribution in [0.25, 0.3) is 21.8 Å². The second kappa shape index (κ2) is 10.2. The molecule has 0 radical (unpaired) electrons. The average Bonchev–Trinajstić information content (AvgIpc) is 3.14. The van der Waals surface area contributed by atoms with Crippen molar-refractivity contribution in [3.63, 3.8) is 0 Å². The molecule has 0 aliphatic carbocycles. The number of benzene rings is 3. The van der Waals surface area contributed by atoms with Crippen molar-refractivity contribution in [2.24, 2.45) is 0 Å². The minimum absolute atomic E-state index is 0.0187. The van der Waals surface area contributed by atoms with E-state index in [2.05, 4.69) is 49.6 Å². The summed E-state index contributed by atoms with van der Waals surface area (Å²) in [4.78, 5) is 5.81. The Hall–Kier alpha value is -2.99. The van der Waals surface area contributed by atoms with Crippen molar-refractivity contribution in [3.8, 4) is 5.75 Å². The molecule has 6 heteroatoms. The number of hydrogen-bond acceptors (Lipinski definition) is 4. The van der Waals surface area contributed by atoms with Gasteiger partial charge in [-0.05, 0) is 48.0 Å². The highest BCUT2D eigenvalue weighted by molar-refractivity contribution is 8.00. The fraction of sp³-hybridized carbons (Fsp3) is 0.233. The maximum Gasteiger partial charge on any atom is 0.130 e. The minimum Gasteiger partial charge on any atom is -0.487 e. The van der Waals surface area contributed by atoms with Gasteiger partial charge in [0.15, 0.2) is 0 Å². The van der Waals surface area contributed by atoms with Crippen LogP contribution in [0.3, 0.4) is 0 Å². The van der Waals surface area contributed by atoms with Crippen LogP contribution in [-0.2, 0) is 19.8 Å². The van der Waals surface area contributed by atoms with E-state index >= 15 is 0 Å². The average molecular weight is 517 g/mol. The second-order valence-corrected chi connectivity index (χ2v) is 12.1. The van der Waals surface area contributed by atoms with Crippen LogP contribution in [0.4, 0.5) is 0 Å². The standard InChI is InChI=1S/C30H29ClN2O2S/c1-30(2,3)36-29-25-16-24(35-19-23-13-10-21-6-4-5-7-26(21)32-23)14-15-27(25)33(28(29)18-34)17-20-8-11-22(31)12-9-20/h4-16,34H,17-19H2,1-3H3. The number of fused-ring (bicyclic) bond motifs is 2. The lowest BCUT2D eigenvalue weighted by Gasteiger charge is -2.18. The monoisotopic (exact) mass is 516 g/mol. The number of aromatic nitrogens is 2. The van der Waals surface area contributed by atoms with Gasteiger partial charge in [-0.15, -0.1) is 11.8 Å². The van der Waals surface area contributed by atoms with Crippen molar-refractivity contribution in [2.75, 3.05) is 0 Å². The van der Waals surface area contributed by atoms with Crippen molar-refractivity contribution in [3.05, 3.63) is 101 Å². The number of para-hydroxylation sites is 1. The van der Waals surface area contributed by atoms with Crippen LogP contribution in [0.1, 0.15) is 37.7 Å². The van der Waals surface area contributed by atoms with Crippen LogP contribution in [0.15, 0.2) is 83.8 Å². The maximum absolute atomic E-state index is 10.4. The molecule has 0 fully saturated rings. The van der Waals surface area contributed by atoms with Gasteiger partial charge < -0.3 is 14.4 Å². The largest absolute Gasteiger partial charge is 0.487 e. The molecular formula is C30H29ClN2O2S. The predicted octanol–water partition coefficient (Wildman–Crippen LogP) is 7.85. The molecule has 5 rings (SSSR count). The van der Waals surface area contributed by atoms with Gasteiger partial charge in [0.05, 0.1) is 29.0 Å². The van der Waals surface area contributed by atoms with Gasteiger partial charge in [-0.25, -0.2) is 4.98 Å². The summed E-state index contributed by atoms with van der Waals surface area (Å²) in [5.41, 5.74) is 4.95. The number of halogens is 1. The summed E-state index contributed by atoms with van der Waals surface area (Å²) in [5.74, 6) is 0.779. The van der Waals surface area contributed by atoms with Gasteiger partial charge in [0.1, 0.15) is 12.4 Å². The van der Waals surface area contributed by atoms with E-state index in [0.717, 1.165) is 49.4 Å². The van der Waals surface area contributed by atoms with E-state index < -0.39 is 0 Å². The molecule has 0 unspecified atom stereocenters. The first-order valence-corrected chi connectivity index (χ1v) is 13.2. The van der Waals surface area contributed by atoms with Gasteiger partial charge in [-0.1, -0.05) is 68.8 Å². The fourth-order valence-corrected chi connectivity index (χ4v) is 5.63. The Morgan fingerprint density at radius 2 is 1.75 bits per heavy atom. The van der Waals surface area contributed by atoms with Gasteiger partial charge in [0.2, 0.25) is 0 Å². The lowest BCUT2D eigenvalue weighted by atomic mass is 10.2. The Balaban J connectivity index is 1.50. The van der Waals surface area contributed by atoms with Crippen LogP contribution in [-0.4, -0.2) is 19.4 Å². The molecule has 0 bridgehead atoms. The second-order valence-electron chi connectivity index (χ2n) is 9.82. The Labute approximate surface area is 220 Å². The summed E-state index contributed by atoms with van der Waals surface area (Å²) < 4.78 is 8.37. The summed E-state index contributed by atoms with van der Waals surface area (Å²) in [5, 5.41) is 13.3. The number of pyridine rings is 1. The van der Waals surface area contributed by atoms with Gasteiger partial charge in [0, 0.05) is 32.0 Å². The number of rotatable bonds is 7. The van der Waals surface area contributed by atoms with Crippen LogP contribution in [0.5, 0.6) is 5.75 Å². The van der Waals surface area contributed by atoms with E-state index in [4.69, 9.17) is 21.3 Å². The molecular weight excluding hydrogens is 488 g/mol. The van der Waals surface area contributed by atoms with Crippen LogP contribution < -0.4 is 4.74 Å². The van der Waals surface area contributed by atoms with Crippen molar-refractivity contribution < 1.29 is 9.84 Å². The van der Waals surface area contributed by atoms with Crippen LogP contribution >= 0.6 is 23.4 Å². The molecule has 184 valence electrons. The number of nitrogens with zero attached hydrogens (tertiary/aromatic N) is 2. The van der Waals surface area contributed by atoms with Crippen LogP contribution in [0.2, 0.25) is 5.02 Å². The highest BCUT2D eigenvalue weighted by Crippen LogP contribution is 2.42. The Bertz CT molecular complexity index is 1520. The fourth-order valence-electron chi connectivity index (χ4n) is 4.32. The van der Waals surface area contributed by atoms with E-state index in [-0.39, 0.29) is 11.4 Å². The quantitative estimate of drug-likeness (QED) is 0.224. The predicted molar refractivity (Wildman–Crippen MR) is 150 cm³/mol. The summed E-state index contributed by atoms with van der Waals surface area (Å²) in [7, 11) is 0. The number of hydrogen-bond donors (Lipinski definition) is 1. The molecule has 0 saturated heterocycles. The molecule has 2 aromatic heterocycles. The van der Waals surface area contributed by atoms with Crippen molar-refractivity contribution in [1.29, 1.82) is 0 Å². The lowest BCUT2D eigenvalue weighted by Crippen LogP contribution is -2.09. The van der Waals surface area contributed by atoms with Gasteiger partial charge in [-0.3, -0.25) is 0 Å². The normalized spacial score (nSPS) is 11.9. The van der Waals surface area contributed by atoms with Gasteiger partial charge >= 0.3 is 0 Å². The topological polar surface area (TPSA) is 47.3 Å². The molecule has 0 spiro atoms. The Kier molecular flexibility index (Phi) is 6.98. The molecule has 0 amide bonds. The number of thioether (sulfide) groups is 1. The van der Waals surface area contributed by atoms with Crippen molar-refractivity contribution in [2.45, 2.75) is 50.2 Å². The Morgan fingerprint density at radius 3 is 2.50 bits per heavy atom. The molecule has 3 aromatic carbocycles. The van der Waals surface area contributed by atoms with E-state index in [0.29, 0.717) is 18.2 Å². The third-order valence-corrected chi connectivity index (χ3v) is 7.47. The zero-order valence-electron chi connectivity index (χ0n) is 20.7. The SMILES string of the molecule is CC(C)(C)Sc1c(CO)n(Cc2ccc(Cl)cc2)c2ccc(OCc3ccc4ccccc4n3)cc12. The molecule has 0 atom stereocenters. The third kappa shape index (κ3) is 5.39. The number of ether oxygens (including phenoxy) is 1. The zero-order valence-corrected chi connectivity index (χ0v) is 22.2. The molecule has 0 aliphatic rings. The third-order valence-electron chi connectivity index (χ3n) is 5.95. The van der Waals surface area contributed by atoms with E-state index in [1.165, 1.54) is 0 Å². The molecule has 4 nitrogen and oxygen atoms in total. The molecule has 2 heterocycles. The molecule has 36 heavy (non-hydrogen) atoms. The highest BCUT2D eigenvalue weighted by Gasteiger charge is 2.23. The number of aliphatic hydroxyl groups is 1. The summed E-state index contributed by atoms with van der Waals surface area (Å²) in [6.07, 6.45) is 0. The van der Waals surface area contributed by atoms with E-state index in [1.54, 1.807) is 11.8 Å². The minimum atomic E-state index is -0.0438. The van der Waals surface area contributed by atoms with Crippen LogP contribution in [0, 0.1) is 0 Å². The smallest absolute Gasteiger partial charge is 0.130 e.